The van der Waals surface area contributed by atoms with Crippen LogP contribution in [0.15, 0.2) is 18.2 Å². The third-order valence-corrected chi connectivity index (χ3v) is 2.52. The van der Waals surface area contributed by atoms with Crippen LogP contribution in [0.5, 0.6) is 0 Å². The van der Waals surface area contributed by atoms with Crippen LogP contribution in [0.4, 0.5) is 8.78 Å². The Labute approximate surface area is 104 Å². The molecule has 0 bridgehead atoms. The summed E-state index contributed by atoms with van der Waals surface area (Å²) in [6, 6.07) is 2.88. The van der Waals surface area contributed by atoms with Crippen molar-refractivity contribution in [1.82, 2.24) is 5.32 Å². The van der Waals surface area contributed by atoms with E-state index in [1.54, 1.807) is 0 Å². The highest BCUT2D eigenvalue weighted by Gasteiger charge is 2.09. The standard InChI is InChI=1S/C12H16F2N2O2/c13-9-2-1-8(7-10(9)14)3-5-16-6-4-11(15)12(17)18/h1-2,7,11,16H,3-6,15H2,(H,17,18). The van der Waals surface area contributed by atoms with Crippen LogP contribution in [0.2, 0.25) is 0 Å². The van der Waals surface area contributed by atoms with Crippen LogP contribution in [0.3, 0.4) is 0 Å². The summed E-state index contributed by atoms with van der Waals surface area (Å²) in [6.45, 7) is 1.02. The maximum absolute atomic E-state index is 12.9. The Morgan fingerprint density at radius 1 is 1.33 bits per heavy atom. The summed E-state index contributed by atoms with van der Waals surface area (Å²) in [7, 11) is 0. The lowest BCUT2D eigenvalue weighted by atomic mass is 10.1. The molecule has 4 N–H and O–H groups in total. The first-order valence-corrected chi connectivity index (χ1v) is 5.63. The third-order valence-electron chi connectivity index (χ3n) is 2.52. The second-order valence-electron chi connectivity index (χ2n) is 3.98. The molecule has 0 aliphatic heterocycles. The summed E-state index contributed by atoms with van der Waals surface area (Å²) in [5, 5.41) is 11.5. The summed E-state index contributed by atoms with van der Waals surface area (Å²) in [5.74, 6) is -2.75. The van der Waals surface area contributed by atoms with Crippen molar-refractivity contribution in [3.05, 3.63) is 35.4 Å². The van der Waals surface area contributed by atoms with Gasteiger partial charge in [0, 0.05) is 0 Å². The minimum absolute atomic E-state index is 0.327. The first-order chi connectivity index (χ1) is 8.50. The number of carbonyl (C=O) groups is 1. The number of rotatable bonds is 7. The quantitative estimate of drug-likeness (QED) is 0.635. The summed E-state index contributed by atoms with van der Waals surface area (Å²) in [5.41, 5.74) is 6.00. The van der Waals surface area contributed by atoms with Gasteiger partial charge in [-0.2, -0.15) is 0 Å². The first-order valence-electron chi connectivity index (χ1n) is 5.63. The Morgan fingerprint density at radius 2 is 2.06 bits per heavy atom. The lowest BCUT2D eigenvalue weighted by Gasteiger charge is -2.08. The van der Waals surface area contributed by atoms with E-state index in [4.69, 9.17) is 10.8 Å². The van der Waals surface area contributed by atoms with Crippen molar-refractivity contribution in [3.8, 4) is 0 Å². The van der Waals surface area contributed by atoms with Gasteiger partial charge in [-0.15, -0.1) is 0 Å². The molecule has 4 nitrogen and oxygen atoms in total. The molecule has 18 heavy (non-hydrogen) atoms. The molecule has 0 heterocycles. The number of hydrogen-bond donors (Lipinski definition) is 3. The number of nitrogens with two attached hydrogens (primary N) is 1. The van der Waals surface area contributed by atoms with Gasteiger partial charge in [0.2, 0.25) is 0 Å². The molecular formula is C12H16F2N2O2. The molecular weight excluding hydrogens is 242 g/mol. The maximum Gasteiger partial charge on any atom is 0.320 e. The number of carboxylic acids is 1. The average molecular weight is 258 g/mol. The molecule has 0 saturated heterocycles. The molecule has 1 atom stereocenters. The van der Waals surface area contributed by atoms with Crippen molar-refractivity contribution in [2.24, 2.45) is 5.73 Å². The Bertz CT molecular complexity index is 413. The van der Waals surface area contributed by atoms with Crippen molar-refractivity contribution in [2.75, 3.05) is 13.1 Å². The van der Waals surface area contributed by atoms with E-state index < -0.39 is 23.6 Å². The SMILES string of the molecule is NC(CCNCCc1ccc(F)c(F)c1)C(=O)O. The zero-order valence-electron chi connectivity index (χ0n) is 9.83. The molecule has 0 aromatic heterocycles. The smallest absolute Gasteiger partial charge is 0.320 e. The molecule has 0 spiro atoms. The number of benzene rings is 1. The topological polar surface area (TPSA) is 75.3 Å². The van der Waals surface area contributed by atoms with Crippen LogP contribution >= 0.6 is 0 Å². The fourth-order valence-electron chi connectivity index (χ4n) is 1.43. The van der Waals surface area contributed by atoms with E-state index in [-0.39, 0.29) is 0 Å². The fraction of sp³-hybridized carbons (Fsp3) is 0.417. The van der Waals surface area contributed by atoms with Crippen molar-refractivity contribution in [1.29, 1.82) is 0 Å². The second-order valence-corrected chi connectivity index (χ2v) is 3.98. The number of carboxylic acid groups (broad SMARTS) is 1. The average Bonchev–Trinajstić information content (AvgIpc) is 2.32. The Morgan fingerprint density at radius 3 is 2.67 bits per heavy atom. The number of hydrogen-bond acceptors (Lipinski definition) is 3. The van der Waals surface area contributed by atoms with Gasteiger partial charge in [0.1, 0.15) is 6.04 Å². The van der Waals surface area contributed by atoms with Crippen molar-refractivity contribution in [3.63, 3.8) is 0 Å². The molecule has 0 saturated carbocycles. The minimum Gasteiger partial charge on any atom is -0.480 e. The fourth-order valence-corrected chi connectivity index (χ4v) is 1.43. The molecule has 0 fully saturated rings. The van der Waals surface area contributed by atoms with E-state index in [0.29, 0.717) is 31.5 Å². The number of halogens is 2. The monoisotopic (exact) mass is 258 g/mol. The molecule has 6 heteroatoms. The second kappa shape index (κ2) is 7.03. The normalized spacial score (nSPS) is 12.4. The maximum atomic E-state index is 12.9. The van der Waals surface area contributed by atoms with Crippen LogP contribution < -0.4 is 11.1 Å². The predicted molar refractivity (Wildman–Crippen MR) is 63.2 cm³/mol. The Kier molecular flexibility index (Phi) is 5.67. The molecule has 1 rings (SSSR count). The molecule has 1 unspecified atom stereocenters. The molecule has 1 aromatic carbocycles. The third kappa shape index (κ3) is 4.77. The largest absolute Gasteiger partial charge is 0.480 e. The van der Waals surface area contributed by atoms with E-state index in [1.165, 1.54) is 6.07 Å². The Hall–Kier alpha value is -1.53. The van der Waals surface area contributed by atoms with Crippen LogP contribution in [0.25, 0.3) is 0 Å². The Balaban J connectivity index is 2.22. The van der Waals surface area contributed by atoms with Crippen LogP contribution in [-0.4, -0.2) is 30.2 Å². The molecule has 1 aromatic rings. The van der Waals surface area contributed by atoms with E-state index in [0.717, 1.165) is 12.1 Å². The highest BCUT2D eigenvalue weighted by molar-refractivity contribution is 5.72. The van der Waals surface area contributed by atoms with Crippen molar-refractivity contribution < 1.29 is 18.7 Å². The van der Waals surface area contributed by atoms with Gasteiger partial charge in [-0.05, 0) is 43.6 Å². The summed E-state index contributed by atoms with van der Waals surface area (Å²) < 4.78 is 25.5. The van der Waals surface area contributed by atoms with E-state index >= 15 is 0 Å². The molecule has 0 aliphatic rings. The zero-order valence-corrected chi connectivity index (χ0v) is 9.83. The van der Waals surface area contributed by atoms with Gasteiger partial charge in [-0.25, -0.2) is 8.78 Å². The lowest BCUT2D eigenvalue weighted by molar-refractivity contribution is -0.138. The van der Waals surface area contributed by atoms with Gasteiger partial charge in [0.15, 0.2) is 11.6 Å². The van der Waals surface area contributed by atoms with Crippen molar-refractivity contribution in [2.45, 2.75) is 18.9 Å². The minimum atomic E-state index is -1.03. The van der Waals surface area contributed by atoms with Gasteiger partial charge in [0.05, 0.1) is 0 Å². The van der Waals surface area contributed by atoms with Gasteiger partial charge in [-0.1, -0.05) is 6.07 Å². The molecule has 100 valence electrons. The number of aliphatic carboxylic acids is 1. The molecule has 0 radical (unpaired) electrons. The first kappa shape index (κ1) is 14.5. The van der Waals surface area contributed by atoms with E-state index in [2.05, 4.69) is 5.32 Å². The van der Waals surface area contributed by atoms with Gasteiger partial charge in [-0.3, -0.25) is 4.79 Å². The van der Waals surface area contributed by atoms with Crippen LogP contribution in [0, 0.1) is 11.6 Å². The van der Waals surface area contributed by atoms with Crippen LogP contribution in [-0.2, 0) is 11.2 Å². The summed E-state index contributed by atoms with van der Waals surface area (Å²) in [4.78, 5) is 10.4. The number of nitrogens with one attached hydrogen (secondary N) is 1. The van der Waals surface area contributed by atoms with E-state index in [1.807, 2.05) is 0 Å². The zero-order chi connectivity index (χ0) is 13.5. The van der Waals surface area contributed by atoms with Gasteiger partial charge >= 0.3 is 5.97 Å². The summed E-state index contributed by atoms with van der Waals surface area (Å²) in [6.07, 6.45) is 0.868. The lowest BCUT2D eigenvalue weighted by Crippen LogP contribution is -2.34. The highest BCUT2D eigenvalue weighted by Crippen LogP contribution is 2.08. The van der Waals surface area contributed by atoms with Gasteiger partial charge < -0.3 is 16.2 Å². The van der Waals surface area contributed by atoms with Crippen LogP contribution in [0.1, 0.15) is 12.0 Å². The predicted octanol–water partition coefficient (Wildman–Crippen LogP) is 0.899. The molecule has 0 amide bonds. The summed E-state index contributed by atoms with van der Waals surface area (Å²) >= 11 is 0. The highest BCUT2D eigenvalue weighted by atomic mass is 19.2. The molecule has 0 aliphatic carbocycles. The van der Waals surface area contributed by atoms with Crippen molar-refractivity contribution >= 4 is 5.97 Å². The van der Waals surface area contributed by atoms with E-state index in [9.17, 15) is 13.6 Å². The van der Waals surface area contributed by atoms with Gasteiger partial charge in [0.25, 0.3) is 0 Å².